The summed E-state index contributed by atoms with van der Waals surface area (Å²) in [5.74, 6) is -0.856. The zero-order chi connectivity index (χ0) is 27.8. The minimum absolute atomic E-state index is 0.00452. The van der Waals surface area contributed by atoms with Crippen LogP contribution in [0.2, 0.25) is 5.02 Å². The minimum atomic E-state index is -0.516. The summed E-state index contributed by atoms with van der Waals surface area (Å²) in [6, 6.07) is 13.8. The number of hydrogen-bond donors (Lipinski definition) is 1. The van der Waals surface area contributed by atoms with E-state index >= 15 is 0 Å². The molecule has 0 bridgehead atoms. The second-order valence-electron chi connectivity index (χ2n) is 9.80. The van der Waals surface area contributed by atoms with E-state index in [4.69, 9.17) is 11.6 Å². The number of benzene rings is 2. The Balaban J connectivity index is 1.31. The van der Waals surface area contributed by atoms with Crippen molar-refractivity contribution < 1.29 is 9.90 Å². The van der Waals surface area contributed by atoms with Gasteiger partial charge in [-0.3, -0.25) is 14.5 Å². The Morgan fingerprint density at radius 2 is 1.74 bits per heavy atom. The average Bonchev–Trinajstić information content (AvgIpc) is 3.37. The van der Waals surface area contributed by atoms with Crippen molar-refractivity contribution in [1.29, 1.82) is 0 Å². The van der Waals surface area contributed by atoms with E-state index in [-0.39, 0.29) is 17.8 Å². The second-order valence-corrected chi connectivity index (χ2v) is 11.1. The summed E-state index contributed by atoms with van der Waals surface area (Å²) in [7, 11) is 0. The molecule has 12 heteroatoms. The Hall–Kier alpha value is -3.54. The molecule has 10 nitrogen and oxygen atoms in total. The topological polar surface area (TPSA) is 109 Å². The number of hydrogen-bond acceptors (Lipinski definition) is 7. The SMILES string of the molecule is Cc1ccc(-n2nc(C(=O)N3C[C@@H](C)N(Cc4cn(-c5ccc(Br)c(Cl)c5)nn4)[C@@H](C)C3)c(O)cc2=O)cc1. The van der Waals surface area contributed by atoms with Gasteiger partial charge in [0.15, 0.2) is 11.4 Å². The highest BCUT2D eigenvalue weighted by Gasteiger charge is 2.34. The van der Waals surface area contributed by atoms with E-state index in [1.165, 1.54) is 0 Å². The van der Waals surface area contributed by atoms with E-state index in [0.717, 1.165) is 32.2 Å². The second kappa shape index (κ2) is 10.9. The van der Waals surface area contributed by atoms with Crippen LogP contribution in [0.4, 0.5) is 0 Å². The summed E-state index contributed by atoms with van der Waals surface area (Å²) in [6.07, 6.45) is 1.87. The molecule has 1 amide bonds. The summed E-state index contributed by atoms with van der Waals surface area (Å²) >= 11 is 9.62. The van der Waals surface area contributed by atoms with Crippen molar-refractivity contribution in [2.75, 3.05) is 13.1 Å². The van der Waals surface area contributed by atoms with E-state index in [1.807, 2.05) is 57.3 Å². The van der Waals surface area contributed by atoms with Gasteiger partial charge in [0.05, 0.1) is 28.3 Å². The highest BCUT2D eigenvalue weighted by Crippen LogP contribution is 2.26. The van der Waals surface area contributed by atoms with Crippen LogP contribution in [-0.2, 0) is 6.54 Å². The van der Waals surface area contributed by atoms with Crippen molar-refractivity contribution in [2.24, 2.45) is 0 Å². The van der Waals surface area contributed by atoms with E-state index in [1.54, 1.807) is 21.7 Å². The molecule has 1 N–H and O–H groups in total. The molecule has 1 aliphatic heterocycles. The summed E-state index contributed by atoms with van der Waals surface area (Å²) in [4.78, 5) is 29.9. The van der Waals surface area contributed by atoms with Gasteiger partial charge in [-0.15, -0.1) is 5.10 Å². The predicted octanol–water partition coefficient (Wildman–Crippen LogP) is 3.98. The van der Waals surface area contributed by atoms with Gasteiger partial charge in [0.25, 0.3) is 11.5 Å². The number of halogens is 2. The van der Waals surface area contributed by atoms with Crippen LogP contribution in [-0.4, -0.2) is 70.8 Å². The minimum Gasteiger partial charge on any atom is -0.505 e. The molecule has 0 saturated carbocycles. The lowest BCUT2D eigenvalue weighted by Crippen LogP contribution is -2.57. The van der Waals surface area contributed by atoms with Gasteiger partial charge in [0.1, 0.15) is 0 Å². The van der Waals surface area contributed by atoms with Gasteiger partial charge in [-0.2, -0.15) is 9.78 Å². The van der Waals surface area contributed by atoms with Crippen molar-refractivity contribution in [3.05, 3.63) is 91.5 Å². The lowest BCUT2D eigenvalue weighted by molar-refractivity contribution is 0.0257. The molecule has 3 heterocycles. The molecular formula is C27H27BrClN7O3. The Morgan fingerprint density at radius 3 is 2.41 bits per heavy atom. The molecule has 2 aromatic carbocycles. The number of aryl methyl sites for hydroxylation is 1. The fourth-order valence-electron chi connectivity index (χ4n) is 4.77. The summed E-state index contributed by atoms with van der Waals surface area (Å²) in [6.45, 7) is 7.41. The van der Waals surface area contributed by atoms with Crippen molar-refractivity contribution in [3.63, 3.8) is 0 Å². The van der Waals surface area contributed by atoms with Crippen molar-refractivity contribution >= 4 is 33.4 Å². The van der Waals surface area contributed by atoms with Crippen LogP contribution < -0.4 is 5.56 Å². The number of aromatic hydroxyl groups is 1. The molecular weight excluding hydrogens is 586 g/mol. The van der Waals surface area contributed by atoms with E-state index < -0.39 is 17.2 Å². The van der Waals surface area contributed by atoms with Crippen LogP contribution in [0, 0.1) is 6.92 Å². The Kier molecular flexibility index (Phi) is 7.57. The molecule has 2 atom stereocenters. The van der Waals surface area contributed by atoms with Gasteiger partial charge in [-0.05, 0) is 67.0 Å². The van der Waals surface area contributed by atoms with E-state index in [9.17, 15) is 14.7 Å². The molecule has 5 rings (SSSR count). The van der Waals surface area contributed by atoms with Crippen LogP contribution in [0.25, 0.3) is 11.4 Å². The fraction of sp³-hybridized carbons (Fsp3) is 0.296. The highest BCUT2D eigenvalue weighted by molar-refractivity contribution is 9.10. The predicted molar refractivity (Wildman–Crippen MR) is 151 cm³/mol. The van der Waals surface area contributed by atoms with E-state index in [0.29, 0.717) is 30.3 Å². The van der Waals surface area contributed by atoms with Crippen LogP contribution >= 0.6 is 27.5 Å². The fourth-order valence-corrected chi connectivity index (χ4v) is 5.19. The van der Waals surface area contributed by atoms with Crippen molar-refractivity contribution in [2.45, 2.75) is 39.4 Å². The first-order chi connectivity index (χ1) is 18.6. The molecule has 202 valence electrons. The molecule has 1 fully saturated rings. The number of nitrogens with zero attached hydrogens (tertiary/aromatic N) is 7. The maximum atomic E-state index is 13.5. The smallest absolute Gasteiger partial charge is 0.278 e. The third kappa shape index (κ3) is 5.61. The van der Waals surface area contributed by atoms with Gasteiger partial charge >= 0.3 is 0 Å². The first kappa shape index (κ1) is 27.0. The Bertz CT molecular complexity index is 1580. The van der Waals surface area contributed by atoms with Crippen molar-refractivity contribution in [1.82, 2.24) is 34.6 Å². The largest absolute Gasteiger partial charge is 0.505 e. The quantitative estimate of drug-likeness (QED) is 0.363. The summed E-state index contributed by atoms with van der Waals surface area (Å²) in [5, 5.41) is 23.9. The van der Waals surface area contributed by atoms with Gasteiger partial charge < -0.3 is 10.0 Å². The zero-order valence-corrected chi connectivity index (χ0v) is 24.0. The van der Waals surface area contributed by atoms with Crippen LogP contribution in [0.5, 0.6) is 5.75 Å². The molecule has 1 saturated heterocycles. The number of rotatable bonds is 5. The maximum Gasteiger partial charge on any atom is 0.278 e. The number of carbonyl (C=O) groups excluding carboxylic acids is 1. The molecule has 1 aliphatic rings. The number of carbonyl (C=O) groups is 1. The molecule has 39 heavy (non-hydrogen) atoms. The number of aromatic nitrogens is 5. The van der Waals surface area contributed by atoms with Crippen LogP contribution in [0.3, 0.4) is 0 Å². The summed E-state index contributed by atoms with van der Waals surface area (Å²) in [5.41, 5.74) is 2.47. The maximum absolute atomic E-state index is 13.5. The van der Waals surface area contributed by atoms with Crippen molar-refractivity contribution in [3.8, 4) is 17.1 Å². The van der Waals surface area contributed by atoms with Crippen LogP contribution in [0.1, 0.15) is 35.6 Å². The third-order valence-corrected chi connectivity index (χ3v) is 8.07. The molecule has 0 spiro atoms. The molecule has 0 radical (unpaired) electrons. The number of piperazine rings is 1. The normalized spacial score (nSPS) is 17.9. The third-order valence-electron chi connectivity index (χ3n) is 6.83. The highest BCUT2D eigenvalue weighted by atomic mass is 79.9. The van der Waals surface area contributed by atoms with Crippen LogP contribution in [0.15, 0.2) is 64.0 Å². The van der Waals surface area contributed by atoms with Gasteiger partial charge in [-0.25, -0.2) is 4.68 Å². The molecule has 4 aromatic rings. The first-order valence-electron chi connectivity index (χ1n) is 12.4. The zero-order valence-electron chi connectivity index (χ0n) is 21.6. The van der Waals surface area contributed by atoms with E-state index in [2.05, 4.69) is 36.2 Å². The Labute approximate surface area is 238 Å². The lowest BCUT2D eigenvalue weighted by atomic mass is 10.1. The monoisotopic (exact) mass is 611 g/mol. The molecule has 0 aliphatic carbocycles. The average molecular weight is 613 g/mol. The lowest BCUT2D eigenvalue weighted by Gasteiger charge is -2.44. The van der Waals surface area contributed by atoms with Gasteiger partial charge in [0, 0.05) is 42.3 Å². The Morgan fingerprint density at radius 1 is 1.08 bits per heavy atom. The van der Waals surface area contributed by atoms with Gasteiger partial charge in [-0.1, -0.05) is 34.5 Å². The molecule has 2 aromatic heterocycles. The first-order valence-corrected chi connectivity index (χ1v) is 13.6. The van der Waals surface area contributed by atoms with Gasteiger partial charge in [0.2, 0.25) is 0 Å². The standard InChI is InChI=1S/C27H27BrClN7O3/c1-16-4-6-20(7-5-16)36-25(38)11-24(37)26(31-36)27(39)33-12-17(2)34(18(3)13-33)14-19-15-35(32-30-19)21-8-9-22(28)23(29)10-21/h4-11,15,17-18,37H,12-14H2,1-3H3/t17-,18+. The number of amides is 1. The molecule has 0 unspecified atom stereocenters. The summed E-state index contributed by atoms with van der Waals surface area (Å²) < 4.78 is 3.62.